The summed E-state index contributed by atoms with van der Waals surface area (Å²) < 4.78 is 0. The Morgan fingerprint density at radius 3 is 2.21 bits per heavy atom. The first-order valence-corrected chi connectivity index (χ1v) is 7.53. The molecular weight excluding hydrogens is 238 g/mol. The predicted octanol–water partition coefficient (Wildman–Crippen LogP) is 3.66. The maximum Gasteiger partial charge on any atom is 0.219 e. The van der Waals surface area contributed by atoms with Crippen molar-refractivity contribution in [2.24, 2.45) is 11.8 Å². The summed E-state index contributed by atoms with van der Waals surface area (Å²) in [5.41, 5.74) is -0.184. The summed E-state index contributed by atoms with van der Waals surface area (Å²) in [6, 6.07) is 0. The number of hydrogen-bond acceptors (Lipinski definition) is 2. The summed E-state index contributed by atoms with van der Waals surface area (Å²) in [6.07, 6.45) is 4.88. The van der Waals surface area contributed by atoms with E-state index in [1.807, 2.05) is 4.90 Å². The topological polar surface area (TPSA) is 37.4 Å². The molecule has 1 amide bonds. The molecule has 0 aliphatic rings. The molecular formula is C16H31NO2. The standard InChI is InChI=1S/C16H31NO2/c1-7-9-15(12-18)13(3)11-16(5,6)17(10-8-2)14(4)19/h12-13,15H,7-11H2,1-6H3. The highest BCUT2D eigenvalue weighted by Gasteiger charge is 2.32. The van der Waals surface area contributed by atoms with E-state index < -0.39 is 0 Å². The van der Waals surface area contributed by atoms with E-state index in [-0.39, 0.29) is 17.4 Å². The van der Waals surface area contributed by atoms with Crippen molar-refractivity contribution in [2.75, 3.05) is 6.54 Å². The van der Waals surface area contributed by atoms with Gasteiger partial charge in [0.2, 0.25) is 5.91 Å². The molecule has 19 heavy (non-hydrogen) atoms. The number of amides is 1. The molecule has 0 aliphatic carbocycles. The first-order chi connectivity index (χ1) is 8.80. The van der Waals surface area contributed by atoms with Gasteiger partial charge in [-0.15, -0.1) is 0 Å². The highest BCUT2D eigenvalue weighted by Crippen LogP contribution is 2.29. The molecule has 3 heteroatoms. The van der Waals surface area contributed by atoms with Crippen LogP contribution in [-0.4, -0.2) is 29.2 Å². The van der Waals surface area contributed by atoms with Crippen LogP contribution >= 0.6 is 0 Å². The number of rotatable bonds is 9. The fourth-order valence-corrected chi connectivity index (χ4v) is 2.98. The summed E-state index contributed by atoms with van der Waals surface area (Å²) in [5.74, 6) is 0.545. The summed E-state index contributed by atoms with van der Waals surface area (Å²) >= 11 is 0. The van der Waals surface area contributed by atoms with Crippen LogP contribution in [0.3, 0.4) is 0 Å². The SMILES string of the molecule is CCCC(C=O)C(C)CC(C)(C)N(CCC)C(C)=O. The third-order valence-electron chi connectivity index (χ3n) is 3.91. The lowest BCUT2D eigenvalue weighted by Crippen LogP contribution is -2.48. The van der Waals surface area contributed by atoms with Crippen molar-refractivity contribution in [3.8, 4) is 0 Å². The van der Waals surface area contributed by atoms with Crippen LogP contribution in [-0.2, 0) is 9.59 Å². The number of aldehydes is 1. The van der Waals surface area contributed by atoms with E-state index >= 15 is 0 Å². The minimum atomic E-state index is -0.184. The maximum atomic E-state index is 11.8. The maximum absolute atomic E-state index is 11.8. The molecule has 0 aromatic rings. The van der Waals surface area contributed by atoms with E-state index in [0.29, 0.717) is 5.92 Å². The van der Waals surface area contributed by atoms with Crippen LogP contribution in [0.4, 0.5) is 0 Å². The van der Waals surface area contributed by atoms with E-state index in [2.05, 4.69) is 34.6 Å². The highest BCUT2D eigenvalue weighted by molar-refractivity contribution is 5.74. The molecule has 2 unspecified atom stereocenters. The Morgan fingerprint density at radius 2 is 1.84 bits per heavy atom. The zero-order chi connectivity index (χ0) is 15.1. The Kier molecular flexibility index (Phi) is 7.96. The smallest absolute Gasteiger partial charge is 0.219 e. The van der Waals surface area contributed by atoms with Gasteiger partial charge in [-0.1, -0.05) is 27.2 Å². The van der Waals surface area contributed by atoms with Crippen molar-refractivity contribution in [2.45, 2.75) is 72.8 Å². The molecule has 0 radical (unpaired) electrons. The van der Waals surface area contributed by atoms with Gasteiger partial charge in [-0.2, -0.15) is 0 Å². The Bertz CT molecular complexity index is 286. The van der Waals surface area contributed by atoms with Gasteiger partial charge in [0.15, 0.2) is 0 Å². The van der Waals surface area contributed by atoms with Gasteiger partial charge < -0.3 is 9.69 Å². The third-order valence-corrected chi connectivity index (χ3v) is 3.91. The van der Waals surface area contributed by atoms with Crippen molar-refractivity contribution >= 4 is 12.2 Å². The van der Waals surface area contributed by atoms with E-state index in [1.54, 1.807) is 6.92 Å². The summed E-state index contributed by atoms with van der Waals surface area (Å²) in [4.78, 5) is 24.9. The van der Waals surface area contributed by atoms with Gasteiger partial charge >= 0.3 is 0 Å². The van der Waals surface area contributed by atoms with E-state index in [0.717, 1.165) is 38.5 Å². The molecule has 112 valence electrons. The zero-order valence-electron chi connectivity index (χ0n) is 13.5. The Hall–Kier alpha value is -0.860. The van der Waals surface area contributed by atoms with Gasteiger partial charge in [0.05, 0.1) is 0 Å². The number of carbonyl (C=O) groups is 2. The minimum absolute atomic E-state index is 0.111. The van der Waals surface area contributed by atoms with Crippen molar-refractivity contribution in [3.05, 3.63) is 0 Å². The largest absolute Gasteiger partial charge is 0.338 e. The van der Waals surface area contributed by atoms with E-state index in [9.17, 15) is 9.59 Å². The second-order valence-corrected chi connectivity index (χ2v) is 6.25. The van der Waals surface area contributed by atoms with Crippen LogP contribution in [0.2, 0.25) is 0 Å². The first kappa shape index (κ1) is 18.1. The van der Waals surface area contributed by atoms with Crippen LogP contribution in [0.15, 0.2) is 0 Å². The van der Waals surface area contributed by atoms with Crippen molar-refractivity contribution in [1.82, 2.24) is 4.90 Å². The molecule has 0 aromatic heterocycles. The van der Waals surface area contributed by atoms with Gasteiger partial charge in [-0.05, 0) is 39.0 Å². The van der Waals surface area contributed by atoms with Crippen LogP contribution in [0.25, 0.3) is 0 Å². The highest BCUT2D eigenvalue weighted by atomic mass is 16.2. The number of carbonyl (C=O) groups excluding carboxylic acids is 2. The second-order valence-electron chi connectivity index (χ2n) is 6.25. The monoisotopic (exact) mass is 269 g/mol. The molecule has 0 fully saturated rings. The van der Waals surface area contributed by atoms with Gasteiger partial charge in [-0.3, -0.25) is 4.79 Å². The normalized spacial score (nSPS) is 14.8. The van der Waals surface area contributed by atoms with Crippen LogP contribution in [0.1, 0.15) is 67.2 Å². The lowest BCUT2D eigenvalue weighted by atomic mass is 9.81. The predicted molar refractivity (Wildman–Crippen MR) is 80.0 cm³/mol. The Labute approximate surface area is 118 Å². The molecule has 0 aromatic carbocycles. The molecule has 0 bridgehead atoms. The molecule has 0 heterocycles. The number of nitrogens with zero attached hydrogens (tertiary/aromatic N) is 1. The van der Waals surface area contributed by atoms with Crippen molar-refractivity contribution in [1.29, 1.82) is 0 Å². The molecule has 0 saturated carbocycles. The molecule has 2 atom stereocenters. The molecule has 3 nitrogen and oxygen atoms in total. The average Bonchev–Trinajstić information content (AvgIpc) is 2.31. The van der Waals surface area contributed by atoms with Gasteiger partial charge in [0.1, 0.15) is 6.29 Å². The van der Waals surface area contributed by atoms with Crippen molar-refractivity contribution in [3.63, 3.8) is 0 Å². The van der Waals surface area contributed by atoms with Gasteiger partial charge in [0, 0.05) is 24.9 Å². The zero-order valence-corrected chi connectivity index (χ0v) is 13.5. The van der Waals surface area contributed by atoms with Gasteiger partial charge in [-0.25, -0.2) is 0 Å². The summed E-state index contributed by atoms with van der Waals surface area (Å²) in [5, 5.41) is 0. The average molecular weight is 269 g/mol. The fraction of sp³-hybridized carbons (Fsp3) is 0.875. The lowest BCUT2D eigenvalue weighted by molar-refractivity contribution is -0.134. The van der Waals surface area contributed by atoms with Crippen LogP contribution < -0.4 is 0 Å². The van der Waals surface area contributed by atoms with E-state index in [1.165, 1.54) is 0 Å². The second kappa shape index (κ2) is 8.34. The Balaban J connectivity index is 4.79. The molecule has 0 saturated heterocycles. The number of hydrogen-bond donors (Lipinski definition) is 0. The molecule has 0 N–H and O–H groups in total. The Morgan fingerprint density at radius 1 is 1.26 bits per heavy atom. The lowest BCUT2D eigenvalue weighted by Gasteiger charge is -2.40. The third kappa shape index (κ3) is 5.75. The summed E-state index contributed by atoms with van der Waals surface area (Å²) in [7, 11) is 0. The molecule has 0 rings (SSSR count). The van der Waals surface area contributed by atoms with Crippen LogP contribution in [0, 0.1) is 11.8 Å². The van der Waals surface area contributed by atoms with Crippen LogP contribution in [0.5, 0.6) is 0 Å². The summed E-state index contributed by atoms with van der Waals surface area (Å²) in [6.45, 7) is 12.9. The first-order valence-electron chi connectivity index (χ1n) is 7.53. The molecule has 0 aliphatic heterocycles. The fourth-order valence-electron chi connectivity index (χ4n) is 2.98. The quantitative estimate of drug-likeness (QED) is 0.599. The van der Waals surface area contributed by atoms with E-state index in [4.69, 9.17) is 0 Å². The minimum Gasteiger partial charge on any atom is -0.338 e. The van der Waals surface area contributed by atoms with Crippen molar-refractivity contribution < 1.29 is 9.59 Å². The molecule has 0 spiro atoms. The van der Waals surface area contributed by atoms with Gasteiger partial charge in [0.25, 0.3) is 0 Å².